The second-order valence-electron chi connectivity index (χ2n) is 4.65. The highest BCUT2D eigenvalue weighted by Crippen LogP contribution is 2.26. The fraction of sp³-hybridized carbons (Fsp3) is 0.400. The molecular formula is C15H19N3O2S2. The average molecular weight is 337 g/mol. The molecule has 1 N–H and O–H groups in total. The summed E-state index contributed by atoms with van der Waals surface area (Å²) in [4.78, 5) is 12.0. The van der Waals surface area contributed by atoms with Gasteiger partial charge in [-0.3, -0.25) is 4.79 Å². The smallest absolute Gasteiger partial charge is 0.230 e. The van der Waals surface area contributed by atoms with Crippen molar-refractivity contribution in [2.45, 2.75) is 30.5 Å². The van der Waals surface area contributed by atoms with Crippen LogP contribution >= 0.6 is 23.1 Å². The van der Waals surface area contributed by atoms with E-state index in [1.807, 2.05) is 24.3 Å². The molecule has 0 saturated heterocycles. The number of nitrogens with one attached hydrogen (secondary N) is 1. The third-order valence-electron chi connectivity index (χ3n) is 2.90. The topological polar surface area (TPSA) is 64.1 Å². The number of ether oxygens (including phenoxy) is 1. The van der Waals surface area contributed by atoms with Crippen molar-refractivity contribution in [1.29, 1.82) is 0 Å². The molecule has 7 heteroatoms. The Hall–Kier alpha value is -1.60. The number of thioether (sulfide) groups is 1. The molecule has 5 nitrogen and oxygen atoms in total. The zero-order valence-corrected chi connectivity index (χ0v) is 14.3. The lowest BCUT2D eigenvalue weighted by atomic mass is 10.1. The highest BCUT2D eigenvalue weighted by atomic mass is 32.2. The van der Waals surface area contributed by atoms with Crippen molar-refractivity contribution in [2.24, 2.45) is 0 Å². The van der Waals surface area contributed by atoms with E-state index in [2.05, 4.69) is 22.4 Å². The minimum absolute atomic E-state index is 0.0913. The van der Waals surface area contributed by atoms with E-state index in [1.165, 1.54) is 11.3 Å². The SMILES string of the molecule is CCCCSc1nnc(NC(=O)Cc2ccc(OC)cc2)s1. The predicted octanol–water partition coefficient (Wildman–Crippen LogP) is 3.62. The number of anilines is 1. The third-order valence-corrected chi connectivity index (χ3v) is 4.96. The Morgan fingerprint density at radius 3 is 2.77 bits per heavy atom. The molecule has 1 amide bonds. The van der Waals surface area contributed by atoms with Gasteiger partial charge in [0.15, 0.2) is 4.34 Å². The highest BCUT2D eigenvalue weighted by molar-refractivity contribution is 8.01. The molecule has 0 spiro atoms. The minimum Gasteiger partial charge on any atom is -0.497 e. The summed E-state index contributed by atoms with van der Waals surface area (Å²) >= 11 is 3.10. The lowest BCUT2D eigenvalue weighted by molar-refractivity contribution is -0.115. The van der Waals surface area contributed by atoms with E-state index >= 15 is 0 Å². The zero-order chi connectivity index (χ0) is 15.8. The van der Waals surface area contributed by atoms with Crippen LogP contribution in [0.2, 0.25) is 0 Å². The predicted molar refractivity (Wildman–Crippen MR) is 90.9 cm³/mol. The molecule has 2 aromatic rings. The molecule has 0 bridgehead atoms. The Kier molecular flexibility index (Phi) is 6.67. The fourth-order valence-electron chi connectivity index (χ4n) is 1.71. The number of carbonyl (C=O) groups excluding carboxylic acids is 1. The van der Waals surface area contributed by atoms with E-state index in [0.717, 1.165) is 34.2 Å². The molecule has 0 fully saturated rings. The van der Waals surface area contributed by atoms with Crippen molar-refractivity contribution >= 4 is 34.1 Å². The van der Waals surface area contributed by atoms with Crippen molar-refractivity contribution in [3.05, 3.63) is 29.8 Å². The van der Waals surface area contributed by atoms with Crippen LogP contribution in [0.25, 0.3) is 0 Å². The molecule has 0 aliphatic carbocycles. The maximum atomic E-state index is 12.0. The average Bonchev–Trinajstić information content (AvgIpc) is 2.95. The first-order chi connectivity index (χ1) is 10.7. The molecule has 0 saturated carbocycles. The van der Waals surface area contributed by atoms with Crippen LogP contribution in [0.3, 0.4) is 0 Å². The van der Waals surface area contributed by atoms with Gasteiger partial charge < -0.3 is 10.1 Å². The van der Waals surface area contributed by atoms with Crippen LogP contribution in [-0.2, 0) is 11.2 Å². The lowest BCUT2D eigenvalue weighted by Gasteiger charge is -2.03. The number of unbranched alkanes of at least 4 members (excludes halogenated alkanes) is 1. The number of methoxy groups -OCH3 is 1. The summed E-state index contributed by atoms with van der Waals surface area (Å²) < 4.78 is 5.99. The lowest BCUT2D eigenvalue weighted by Crippen LogP contribution is -2.14. The normalized spacial score (nSPS) is 10.5. The van der Waals surface area contributed by atoms with Gasteiger partial charge in [-0.1, -0.05) is 48.6 Å². The second-order valence-corrected chi connectivity index (χ2v) is 6.97. The van der Waals surface area contributed by atoms with Crippen LogP contribution in [-0.4, -0.2) is 29.0 Å². The Morgan fingerprint density at radius 2 is 2.09 bits per heavy atom. The van der Waals surface area contributed by atoms with E-state index in [1.54, 1.807) is 18.9 Å². The molecule has 1 aromatic carbocycles. The van der Waals surface area contributed by atoms with Crippen LogP contribution in [0.15, 0.2) is 28.6 Å². The van der Waals surface area contributed by atoms with Crippen LogP contribution in [0, 0.1) is 0 Å². The summed E-state index contributed by atoms with van der Waals surface area (Å²) in [5.74, 6) is 1.72. The highest BCUT2D eigenvalue weighted by Gasteiger charge is 2.09. The first kappa shape index (κ1) is 16.8. The zero-order valence-electron chi connectivity index (χ0n) is 12.7. The standard InChI is InChI=1S/C15H19N3O2S2/c1-3-4-9-21-15-18-17-14(22-15)16-13(19)10-11-5-7-12(20-2)8-6-11/h5-8H,3-4,9-10H2,1-2H3,(H,16,17,19). The number of hydrogen-bond donors (Lipinski definition) is 1. The fourth-order valence-corrected chi connectivity index (χ4v) is 3.64. The van der Waals surface area contributed by atoms with Gasteiger partial charge in [0.05, 0.1) is 13.5 Å². The maximum absolute atomic E-state index is 12.0. The third kappa shape index (κ3) is 5.31. The van der Waals surface area contributed by atoms with E-state index in [0.29, 0.717) is 11.6 Å². The van der Waals surface area contributed by atoms with Gasteiger partial charge in [0, 0.05) is 5.75 Å². The van der Waals surface area contributed by atoms with E-state index in [4.69, 9.17) is 4.74 Å². The summed E-state index contributed by atoms with van der Waals surface area (Å²) in [5, 5.41) is 11.4. The first-order valence-electron chi connectivity index (χ1n) is 7.10. The summed E-state index contributed by atoms with van der Waals surface area (Å²) in [6, 6.07) is 7.45. The van der Waals surface area contributed by atoms with Gasteiger partial charge in [-0.15, -0.1) is 10.2 Å². The van der Waals surface area contributed by atoms with Crippen LogP contribution < -0.4 is 10.1 Å². The van der Waals surface area contributed by atoms with E-state index in [9.17, 15) is 4.79 Å². The van der Waals surface area contributed by atoms with Gasteiger partial charge >= 0.3 is 0 Å². The molecule has 2 rings (SSSR count). The van der Waals surface area contributed by atoms with E-state index < -0.39 is 0 Å². The Bertz CT molecular complexity index is 599. The van der Waals surface area contributed by atoms with Gasteiger partial charge in [0.1, 0.15) is 5.75 Å². The van der Waals surface area contributed by atoms with Gasteiger partial charge in [-0.25, -0.2) is 0 Å². The summed E-state index contributed by atoms with van der Waals surface area (Å²) in [6.07, 6.45) is 2.63. The van der Waals surface area contributed by atoms with Crippen LogP contribution in [0.5, 0.6) is 5.75 Å². The molecule has 118 valence electrons. The molecule has 1 heterocycles. The van der Waals surface area contributed by atoms with Crippen molar-refractivity contribution in [2.75, 3.05) is 18.2 Å². The van der Waals surface area contributed by atoms with Gasteiger partial charge in [0.25, 0.3) is 0 Å². The Morgan fingerprint density at radius 1 is 1.32 bits per heavy atom. The second kappa shape index (κ2) is 8.75. The molecule has 0 unspecified atom stereocenters. The quantitative estimate of drug-likeness (QED) is 0.453. The molecule has 0 atom stereocenters. The number of benzene rings is 1. The number of rotatable bonds is 8. The first-order valence-corrected chi connectivity index (χ1v) is 8.90. The van der Waals surface area contributed by atoms with Gasteiger partial charge in [-0.2, -0.15) is 0 Å². The van der Waals surface area contributed by atoms with Crippen LogP contribution in [0.1, 0.15) is 25.3 Å². The summed E-state index contributed by atoms with van der Waals surface area (Å²) in [7, 11) is 1.62. The van der Waals surface area contributed by atoms with Crippen molar-refractivity contribution in [1.82, 2.24) is 10.2 Å². The number of hydrogen-bond acceptors (Lipinski definition) is 6. The monoisotopic (exact) mass is 337 g/mol. The van der Waals surface area contributed by atoms with Crippen LogP contribution in [0.4, 0.5) is 5.13 Å². The van der Waals surface area contributed by atoms with Gasteiger partial charge in [-0.05, 0) is 24.1 Å². The summed E-state index contributed by atoms with van der Waals surface area (Å²) in [6.45, 7) is 2.16. The Balaban J connectivity index is 1.83. The van der Waals surface area contributed by atoms with Crippen molar-refractivity contribution in [3.63, 3.8) is 0 Å². The van der Waals surface area contributed by atoms with Crippen molar-refractivity contribution in [3.8, 4) is 5.75 Å². The minimum atomic E-state index is -0.0913. The number of aromatic nitrogens is 2. The number of nitrogens with zero attached hydrogens (tertiary/aromatic N) is 2. The van der Waals surface area contributed by atoms with Gasteiger partial charge in [0.2, 0.25) is 11.0 Å². The molecule has 0 aliphatic rings. The molecular weight excluding hydrogens is 318 g/mol. The molecule has 0 aliphatic heterocycles. The Labute approximate surface area is 138 Å². The molecule has 22 heavy (non-hydrogen) atoms. The van der Waals surface area contributed by atoms with Crippen molar-refractivity contribution < 1.29 is 9.53 Å². The molecule has 1 aromatic heterocycles. The number of amides is 1. The number of carbonyl (C=O) groups is 1. The molecule has 0 radical (unpaired) electrons. The largest absolute Gasteiger partial charge is 0.497 e. The van der Waals surface area contributed by atoms with E-state index in [-0.39, 0.29) is 5.91 Å². The maximum Gasteiger partial charge on any atom is 0.230 e. The summed E-state index contributed by atoms with van der Waals surface area (Å²) in [5.41, 5.74) is 0.931.